The van der Waals surface area contributed by atoms with Gasteiger partial charge < -0.3 is 9.47 Å². The lowest BCUT2D eigenvalue weighted by atomic mass is 10.1. The molecule has 7 heteroatoms. The average molecular weight is 388 g/mol. The molecule has 2 N–H and O–H groups in total. The molecule has 27 heavy (non-hydrogen) atoms. The summed E-state index contributed by atoms with van der Waals surface area (Å²) >= 11 is 1.52. The Labute approximate surface area is 162 Å². The molecule has 0 fully saturated rings. The first kappa shape index (κ1) is 19.2. The molecule has 1 aromatic carbocycles. The van der Waals surface area contributed by atoms with E-state index in [4.69, 9.17) is 9.47 Å². The van der Waals surface area contributed by atoms with Crippen LogP contribution in [-0.2, 0) is 12.8 Å². The summed E-state index contributed by atoms with van der Waals surface area (Å²) in [6.45, 7) is 2.38. The van der Waals surface area contributed by atoms with Crippen LogP contribution in [0.1, 0.15) is 56.7 Å². The van der Waals surface area contributed by atoms with Crippen molar-refractivity contribution in [1.82, 2.24) is 10.9 Å². The number of ether oxygens (including phenoxy) is 2. The smallest absolute Gasteiger partial charge is 0.279 e. The SMILES string of the molecule is CCOc1ccc(C(=O)NNC(=O)c2cc3c(s2)CCCCC3)cc1OC. The number of hydrazine groups is 1. The predicted octanol–water partition coefficient (Wildman–Crippen LogP) is 3.50. The molecule has 3 rings (SSSR count). The number of carbonyl (C=O) groups is 2. The van der Waals surface area contributed by atoms with Gasteiger partial charge in [-0.25, -0.2) is 0 Å². The Hall–Kier alpha value is -2.54. The van der Waals surface area contributed by atoms with Gasteiger partial charge in [-0.1, -0.05) is 6.42 Å². The Morgan fingerprint density at radius 2 is 1.81 bits per heavy atom. The third-order valence-corrected chi connectivity index (χ3v) is 5.72. The van der Waals surface area contributed by atoms with Crippen molar-refractivity contribution < 1.29 is 19.1 Å². The Balaban J connectivity index is 1.62. The predicted molar refractivity (Wildman–Crippen MR) is 105 cm³/mol. The Morgan fingerprint density at radius 3 is 2.59 bits per heavy atom. The second-order valence-corrected chi connectivity index (χ2v) is 7.46. The number of rotatable bonds is 5. The van der Waals surface area contributed by atoms with E-state index in [-0.39, 0.29) is 5.91 Å². The lowest BCUT2D eigenvalue weighted by molar-refractivity contribution is 0.0848. The minimum atomic E-state index is -0.414. The van der Waals surface area contributed by atoms with E-state index in [0.717, 1.165) is 12.8 Å². The standard InChI is InChI=1S/C20H24N2O4S/c1-3-26-15-10-9-14(11-16(15)25-2)19(23)21-22-20(24)18-12-13-7-5-4-6-8-17(13)27-18/h9-12H,3-8H2,1-2H3,(H,21,23)(H,22,24). The Morgan fingerprint density at radius 1 is 1.04 bits per heavy atom. The molecular formula is C20H24N2O4S. The van der Waals surface area contributed by atoms with Crippen molar-refractivity contribution in [2.45, 2.75) is 39.0 Å². The van der Waals surface area contributed by atoms with Gasteiger partial charge in [0.2, 0.25) is 0 Å². The van der Waals surface area contributed by atoms with Gasteiger partial charge in [0.15, 0.2) is 11.5 Å². The van der Waals surface area contributed by atoms with Crippen molar-refractivity contribution in [2.75, 3.05) is 13.7 Å². The van der Waals surface area contributed by atoms with Crippen molar-refractivity contribution in [1.29, 1.82) is 0 Å². The number of fused-ring (bicyclic) bond motifs is 1. The van der Waals surface area contributed by atoms with Crippen molar-refractivity contribution in [3.63, 3.8) is 0 Å². The molecule has 0 saturated heterocycles. The van der Waals surface area contributed by atoms with Crippen LogP contribution in [0, 0.1) is 0 Å². The zero-order valence-electron chi connectivity index (χ0n) is 15.6. The van der Waals surface area contributed by atoms with E-state index < -0.39 is 5.91 Å². The summed E-state index contributed by atoms with van der Waals surface area (Å²) in [5.41, 5.74) is 6.61. The van der Waals surface area contributed by atoms with E-state index >= 15 is 0 Å². The lowest BCUT2D eigenvalue weighted by Gasteiger charge is -2.11. The maximum Gasteiger partial charge on any atom is 0.279 e. The van der Waals surface area contributed by atoms with Crippen LogP contribution in [0.4, 0.5) is 0 Å². The molecule has 1 aromatic heterocycles. The van der Waals surface area contributed by atoms with E-state index in [1.54, 1.807) is 18.2 Å². The Bertz CT molecular complexity index is 808. The molecule has 6 nitrogen and oxygen atoms in total. The number of amides is 2. The van der Waals surface area contributed by atoms with Gasteiger partial charge in [0.1, 0.15) is 0 Å². The van der Waals surface area contributed by atoms with Gasteiger partial charge in [0.05, 0.1) is 18.6 Å². The number of thiophene rings is 1. The van der Waals surface area contributed by atoms with Gasteiger partial charge in [0.25, 0.3) is 11.8 Å². The monoisotopic (exact) mass is 388 g/mol. The van der Waals surface area contributed by atoms with Crippen LogP contribution in [-0.4, -0.2) is 25.5 Å². The maximum absolute atomic E-state index is 12.4. The van der Waals surface area contributed by atoms with Crippen LogP contribution in [0.5, 0.6) is 11.5 Å². The molecule has 2 amide bonds. The molecule has 1 aliphatic carbocycles. The molecule has 0 spiro atoms. The summed E-state index contributed by atoms with van der Waals surface area (Å²) in [6.07, 6.45) is 5.64. The fourth-order valence-corrected chi connectivity index (χ4v) is 4.26. The van der Waals surface area contributed by atoms with Gasteiger partial charge >= 0.3 is 0 Å². The third-order valence-electron chi connectivity index (χ3n) is 4.49. The molecule has 2 aromatic rings. The normalized spacial score (nSPS) is 13.3. The number of hydrogen-bond acceptors (Lipinski definition) is 5. The van der Waals surface area contributed by atoms with Gasteiger partial charge in [-0.3, -0.25) is 20.4 Å². The lowest BCUT2D eigenvalue weighted by Crippen LogP contribution is -2.41. The largest absolute Gasteiger partial charge is 0.493 e. The minimum Gasteiger partial charge on any atom is -0.493 e. The zero-order valence-corrected chi connectivity index (χ0v) is 16.4. The number of methoxy groups -OCH3 is 1. The highest BCUT2D eigenvalue weighted by atomic mass is 32.1. The Kier molecular flexibility index (Phi) is 6.34. The summed E-state index contributed by atoms with van der Waals surface area (Å²) in [4.78, 5) is 26.6. The fourth-order valence-electron chi connectivity index (χ4n) is 3.11. The van der Waals surface area contributed by atoms with E-state index in [1.165, 1.54) is 48.1 Å². The van der Waals surface area contributed by atoms with Crippen LogP contribution >= 0.6 is 11.3 Å². The molecule has 0 saturated carbocycles. The topological polar surface area (TPSA) is 76.7 Å². The molecule has 0 bridgehead atoms. The van der Waals surface area contributed by atoms with Crippen molar-refractivity contribution >= 4 is 23.2 Å². The maximum atomic E-state index is 12.4. The first-order valence-corrected chi connectivity index (χ1v) is 9.97. The number of aryl methyl sites for hydroxylation is 2. The van der Waals surface area contributed by atoms with Crippen LogP contribution in [0.2, 0.25) is 0 Å². The fraction of sp³-hybridized carbons (Fsp3) is 0.400. The molecule has 1 aliphatic rings. The first-order chi connectivity index (χ1) is 13.1. The molecular weight excluding hydrogens is 364 g/mol. The van der Waals surface area contributed by atoms with Crippen LogP contribution in [0.3, 0.4) is 0 Å². The van der Waals surface area contributed by atoms with Crippen LogP contribution in [0.25, 0.3) is 0 Å². The van der Waals surface area contributed by atoms with Gasteiger partial charge in [-0.05, 0) is 62.4 Å². The quantitative estimate of drug-likeness (QED) is 0.607. The van der Waals surface area contributed by atoms with Gasteiger partial charge in [-0.2, -0.15) is 0 Å². The molecule has 144 valence electrons. The highest BCUT2D eigenvalue weighted by Crippen LogP contribution is 2.29. The third kappa shape index (κ3) is 4.60. The number of nitrogens with one attached hydrogen (secondary N) is 2. The van der Waals surface area contributed by atoms with Gasteiger partial charge in [-0.15, -0.1) is 11.3 Å². The average Bonchev–Trinajstić information content (AvgIpc) is 2.97. The molecule has 0 unspecified atom stereocenters. The van der Waals surface area contributed by atoms with Crippen molar-refractivity contribution in [2.24, 2.45) is 0 Å². The van der Waals surface area contributed by atoms with E-state index in [1.807, 2.05) is 13.0 Å². The molecule has 1 heterocycles. The summed E-state index contributed by atoms with van der Waals surface area (Å²) < 4.78 is 10.7. The molecule has 0 aliphatic heterocycles. The van der Waals surface area contributed by atoms with E-state index in [0.29, 0.717) is 28.5 Å². The second kappa shape index (κ2) is 8.90. The van der Waals surface area contributed by atoms with Crippen molar-refractivity contribution in [3.8, 4) is 11.5 Å². The summed E-state index contributed by atoms with van der Waals surface area (Å²) in [7, 11) is 1.52. The number of hydrogen-bond donors (Lipinski definition) is 2. The van der Waals surface area contributed by atoms with E-state index in [9.17, 15) is 9.59 Å². The number of carbonyl (C=O) groups excluding carboxylic acids is 2. The summed E-state index contributed by atoms with van der Waals surface area (Å²) in [5.74, 6) is 0.334. The van der Waals surface area contributed by atoms with Gasteiger partial charge in [0, 0.05) is 10.4 Å². The number of benzene rings is 1. The first-order valence-electron chi connectivity index (χ1n) is 9.15. The van der Waals surface area contributed by atoms with Crippen LogP contribution < -0.4 is 20.3 Å². The zero-order chi connectivity index (χ0) is 19.2. The highest BCUT2D eigenvalue weighted by Gasteiger charge is 2.17. The van der Waals surface area contributed by atoms with E-state index in [2.05, 4.69) is 10.9 Å². The highest BCUT2D eigenvalue weighted by molar-refractivity contribution is 7.14. The van der Waals surface area contributed by atoms with Crippen molar-refractivity contribution in [3.05, 3.63) is 45.1 Å². The molecule has 0 atom stereocenters. The summed E-state index contributed by atoms with van der Waals surface area (Å²) in [6, 6.07) is 6.84. The molecule has 0 radical (unpaired) electrons. The van der Waals surface area contributed by atoms with Crippen LogP contribution in [0.15, 0.2) is 24.3 Å². The second-order valence-electron chi connectivity index (χ2n) is 6.33. The minimum absolute atomic E-state index is 0.292. The summed E-state index contributed by atoms with van der Waals surface area (Å²) in [5, 5.41) is 0.